The quantitative estimate of drug-likeness (QED) is 0.625. The Kier molecular flexibility index (Phi) is 5.73. The van der Waals surface area contributed by atoms with Crippen LogP contribution in [0.25, 0.3) is 0 Å². The molecule has 0 aromatic carbocycles. The summed E-state index contributed by atoms with van der Waals surface area (Å²) in [7, 11) is 1.87. The van der Waals surface area contributed by atoms with E-state index in [1.165, 1.54) is 43.6 Å². The highest BCUT2D eigenvalue weighted by Crippen LogP contribution is 2.27. The second-order valence-corrected chi connectivity index (χ2v) is 7.63. The highest BCUT2D eigenvalue weighted by molar-refractivity contribution is 7.09. The van der Waals surface area contributed by atoms with E-state index < -0.39 is 0 Å². The predicted octanol–water partition coefficient (Wildman–Crippen LogP) is 2.54. The second kappa shape index (κ2) is 7.97. The first-order valence-corrected chi connectivity index (χ1v) is 9.40. The second-order valence-electron chi connectivity index (χ2n) is 6.60. The Morgan fingerprint density at radius 2 is 2.09 bits per heavy atom. The molecule has 2 N–H and O–H groups in total. The summed E-state index contributed by atoms with van der Waals surface area (Å²) < 4.78 is 0. The minimum absolute atomic E-state index is 0.730. The van der Waals surface area contributed by atoms with Crippen LogP contribution in [0.2, 0.25) is 0 Å². The minimum atomic E-state index is 0.730. The normalized spacial score (nSPS) is 23.5. The van der Waals surface area contributed by atoms with Gasteiger partial charge < -0.3 is 10.6 Å². The minimum Gasteiger partial charge on any atom is -0.356 e. The van der Waals surface area contributed by atoms with E-state index in [0.717, 1.165) is 37.4 Å². The van der Waals surface area contributed by atoms with Gasteiger partial charge >= 0.3 is 0 Å². The first-order chi connectivity index (χ1) is 10.8. The van der Waals surface area contributed by atoms with Crippen LogP contribution in [0.15, 0.2) is 22.5 Å². The molecule has 1 aromatic rings. The molecule has 1 saturated heterocycles. The van der Waals surface area contributed by atoms with Crippen molar-refractivity contribution < 1.29 is 0 Å². The molecule has 5 heteroatoms. The Morgan fingerprint density at radius 1 is 1.27 bits per heavy atom. The van der Waals surface area contributed by atoms with Crippen LogP contribution in [0.5, 0.6) is 0 Å². The number of nitrogens with zero attached hydrogens (tertiary/aromatic N) is 2. The maximum atomic E-state index is 4.33. The van der Waals surface area contributed by atoms with Crippen molar-refractivity contribution in [2.45, 2.75) is 32.2 Å². The molecule has 2 aliphatic rings. The van der Waals surface area contributed by atoms with Crippen LogP contribution in [0.4, 0.5) is 0 Å². The number of hydrogen-bond acceptors (Lipinski definition) is 3. The van der Waals surface area contributed by atoms with Crippen LogP contribution in [0.1, 0.15) is 30.6 Å². The van der Waals surface area contributed by atoms with E-state index in [4.69, 9.17) is 0 Å². The molecule has 0 spiro atoms. The van der Waals surface area contributed by atoms with Crippen molar-refractivity contribution in [2.75, 3.05) is 33.2 Å². The van der Waals surface area contributed by atoms with E-state index in [2.05, 4.69) is 38.0 Å². The highest BCUT2D eigenvalue weighted by Gasteiger charge is 2.22. The maximum Gasteiger partial charge on any atom is 0.190 e. The molecule has 1 aliphatic carbocycles. The Labute approximate surface area is 138 Å². The van der Waals surface area contributed by atoms with Gasteiger partial charge in [-0.3, -0.25) is 9.89 Å². The zero-order chi connectivity index (χ0) is 15.2. The molecule has 0 radical (unpaired) electrons. The van der Waals surface area contributed by atoms with Gasteiger partial charge in [-0.05, 0) is 55.5 Å². The summed E-state index contributed by atoms with van der Waals surface area (Å²) in [6.45, 7) is 5.66. The van der Waals surface area contributed by atoms with Crippen LogP contribution in [0, 0.1) is 11.8 Å². The smallest absolute Gasteiger partial charge is 0.190 e. The predicted molar refractivity (Wildman–Crippen MR) is 94.4 cm³/mol. The number of nitrogens with one attached hydrogen (secondary N) is 2. The van der Waals surface area contributed by atoms with Gasteiger partial charge in [-0.15, -0.1) is 11.3 Å². The van der Waals surface area contributed by atoms with Gasteiger partial charge in [0.25, 0.3) is 0 Å². The largest absolute Gasteiger partial charge is 0.356 e. The van der Waals surface area contributed by atoms with E-state index in [1.807, 2.05) is 18.4 Å². The fourth-order valence-corrected chi connectivity index (χ4v) is 3.86. The number of thiophene rings is 1. The van der Waals surface area contributed by atoms with Crippen molar-refractivity contribution in [1.82, 2.24) is 15.5 Å². The first kappa shape index (κ1) is 15.8. The number of piperidine rings is 1. The van der Waals surface area contributed by atoms with Crippen molar-refractivity contribution in [3.05, 3.63) is 22.4 Å². The van der Waals surface area contributed by atoms with Gasteiger partial charge in [0.1, 0.15) is 0 Å². The van der Waals surface area contributed by atoms with Crippen molar-refractivity contribution in [3.63, 3.8) is 0 Å². The average Bonchev–Trinajstić information content (AvgIpc) is 3.23. The number of guanidine groups is 1. The molecular weight excluding hydrogens is 292 g/mol. The van der Waals surface area contributed by atoms with Crippen LogP contribution in [0.3, 0.4) is 0 Å². The first-order valence-electron chi connectivity index (χ1n) is 8.52. The molecule has 1 saturated carbocycles. The van der Waals surface area contributed by atoms with Crippen LogP contribution >= 0.6 is 11.3 Å². The molecule has 1 aromatic heterocycles. The zero-order valence-electron chi connectivity index (χ0n) is 13.6. The molecule has 0 amide bonds. The summed E-state index contributed by atoms with van der Waals surface area (Å²) in [5.41, 5.74) is 0. The zero-order valence-corrected chi connectivity index (χ0v) is 14.4. The number of rotatable bonds is 6. The van der Waals surface area contributed by atoms with Gasteiger partial charge in [-0.2, -0.15) is 0 Å². The lowest BCUT2D eigenvalue weighted by atomic mass is 9.98. The fourth-order valence-electron chi connectivity index (χ4n) is 3.11. The lowest BCUT2D eigenvalue weighted by Crippen LogP contribution is -2.44. The average molecular weight is 321 g/mol. The summed E-state index contributed by atoms with van der Waals surface area (Å²) in [6.07, 6.45) is 5.40. The Hall–Kier alpha value is -1.07. The number of likely N-dealkylation sites (tertiary alicyclic amines) is 1. The molecule has 1 unspecified atom stereocenters. The molecule has 1 aliphatic heterocycles. The summed E-state index contributed by atoms with van der Waals surface area (Å²) in [6, 6.07) is 4.40. The van der Waals surface area contributed by atoms with Gasteiger partial charge in [0.2, 0.25) is 0 Å². The van der Waals surface area contributed by atoms with Gasteiger partial charge in [0, 0.05) is 38.1 Å². The third-order valence-electron chi connectivity index (χ3n) is 4.60. The van der Waals surface area contributed by atoms with Crippen molar-refractivity contribution >= 4 is 17.3 Å². The van der Waals surface area contributed by atoms with Gasteiger partial charge in [-0.25, -0.2) is 0 Å². The molecule has 1 atom stereocenters. The molecule has 0 bridgehead atoms. The Bertz CT molecular complexity index is 467. The van der Waals surface area contributed by atoms with Crippen LogP contribution in [-0.2, 0) is 6.54 Å². The van der Waals surface area contributed by atoms with E-state index >= 15 is 0 Å². The Balaban J connectivity index is 1.39. The van der Waals surface area contributed by atoms with Crippen LogP contribution in [-0.4, -0.2) is 44.1 Å². The molecule has 3 rings (SSSR count). The monoisotopic (exact) mass is 320 g/mol. The van der Waals surface area contributed by atoms with E-state index in [9.17, 15) is 0 Å². The molecular formula is C17H28N4S. The van der Waals surface area contributed by atoms with E-state index in [1.54, 1.807) is 0 Å². The molecule has 2 fully saturated rings. The third kappa shape index (κ3) is 4.99. The summed E-state index contributed by atoms with van der Waals surface area (Å²) in [5, 5.41) is 9.14. The summed E-state index contributed by atoms with van der Waals surface area (Å²) in [4.78, 5) is 8.42. The highest BCUT2D eigenvalue weighted by atomic mass is 32.1. The fraction of sp³-hybridized carbons (Fsp3) is 0.706. The van der Waals surface area contributed by atoms with Crippen LogP contribution < -0.4 is 10.6 Å². The maximum absolute atomic E-state index is 4.33. The lowest BCUT2D eigenvalue weighted by molar-refractivity contribution is 0.169. The van der Waals surface area contributed by atoms with Gasteiger partial charge in [0.15, 0.2) is 5.96 Å². The summed E-state index contributed by atoms with van der Waals surface area (Å²) in [5.74, 6) is 2.59. The number of hydrogen-bond donors (Lipinski definition) is 2. The number of aliphatic imine (C=N–C) groups is 1. The third-order valence-corrected chi connectivity index (χ3v) is 5.46. The van der Waals surface area contributed by atoms with Crippen molar-refractivity contribution in [2.24, 2.45) is 16.8 Å². The molecule has 22 heavy (non-hydrogen) atoms. The standard InChI is InChI=1S/C17H28N4S/c1-18-17(19-10-14-6-7-14)20-11-15-4-2-8-21(12-15)13-16-5-3-9-22-16/h3,5,9,14-15H,2,4,6-8,10-13H2,1H3,(H2,18,19,20). The van der Waals surface area contributed by atoms with Gasteiger partial charge in [-0.1, -0.05) is 6.07 Å². The SMILES string of the molecule is CN=C(NCC1CC1)NCC1CCCN(Cc2cccs2)C1. The molecule has 122 valence electrons. The summed E-state index contributed by atoms with van der Waals surface area (Å²) >= 11 is 1.87. The van der Waals surface area contributed by atoms with Crippen molar-refractivity contribution in [1.29, 1.82) is 0 Å². The van der Waals surface area contributed by atoms with E-state index in [-0.39, 0.29) is 0 Å². The molecule has 4 nitrogen and oxygen atoms in total. The molecule has 2 heterocycles. The van der Waals surface area contributed by atoms with Gasteiger partial charge in [0.05, 0.1) is 0 Å². The van der Waals surface area contributed by atoms with Crippen molar-refractivity contribution in [3.8, 4) is 0 Å². The Morgan fingerprint density at radius 3 is 2.77 bits per heavy atom. The topological polar surface area (TPSA) is 39.7 Å². The lowest BCUT2D eigenvalue weighted by Gasteiger charge is -2.32. The van der Waals surface area contributed by atoms with E-state index in [0.29, 0.717) is 0 Å².